The number of benzene rings is 3. The quantitative estimate of drug-likeness (QED) is 0.327. The molecule has 4 aromatic rings. The Labute approximate surface area is 162 Å². The topological polar surface area (TPSA) is 59.4 Å². The minimum atomic E-state index is -0.678. The SMILES string of the molecule is O=C(Oc1ccc(Cl)c2cccnc12)c1cc2ccccc2c(Br)c1O. The fourth-order valence-corrected chi connectivity index (χ4v) is 3.59. The lowest BCUT2D eigenvalue weighted by atomic mass is 10.1. The minimum Gasteiger partial charge on any atom is -0.506 e. The highest BCUT2D eigenvalue weighted by Crippen LogP contribution is 2.37. The van der Waals surface area contributed by atoms with Gasteiger partial charge in [0.1, 0.15) is 16.8 Å². The molecule has 128 valence electrons. The number of fused-ring (bicyclic) bond motifs is 2. The van der Waals surface area contributed by atoms with Crippen LogP contribution in [0.2, 0.25) is 5.02 Å². The van der Waals surface area contributed by atoms with E-state index in [9.17, 15) is 9.90 Å². The Kier molecular flexibility index (Phi) is 4.26. The number of esters is 1. The summed E-state index contributed by atoms with van der Waals surface area (Å²) in [4.78, 5) is 16.9. The predicted octanol–water partition coefficient (Wildman–Crippen LogP) is 5.73. The van der Waals surface area contributed by atoms with E-state index in [-0.39, 0.29) is 17.1 Å². The number of phenols is 1. The molecule has 4 rings (SSSR count). The maximum absolute atomic E-state index is 12.7. The van der Waals surface area contributed by atoms with E-state index in [2.05, 4.69) is 20.9 Å². The average Bonchev–Trinajstić information content (AvgIpc) is 2.67. The highest BCUT2D eigenvalue weighted by Gasteiger charge is 2.20. The van der Waals surface area contributed by atoms with Crippen LogP contribution in [0.1, 0.15) is 10.4 Å². The average molecular weight is 429 g/mol. The van der Waals surface area contributed by atoms with E-state index in [0.717, 1.165) is 10.8 Å². The Hall–Kier alpha value is -2.63. The van der Waals surface area contributed by atoms with Gasteiger partial charge in [0.15, 0.2) is 5.75 Å². The number of pyridine rings is 1. The standard InChI is InChI=1S/C20H11BrClNO3/c21-17-12-5-2-1-4-11(12)10-14(19(17)24)20(25)26-16-8-7-15(22)13-6-3-9-23-18(13)16/h1-10,24H. The normalized spacial score (nSPS) is 11.0. The lowest BCUT2D eigenvalue weighted by molar-refractivity contribution is 0.0733. The number of hydrogen-bond acceptors (Lipinski definition) is 4. The van der Waals surface area contributed by atoms with Crippen LogP contribution in [0.4, 0.5) is 0 Å². The zero-order chi connectivity index (χ0) is 18.3. The van der Waals surface area contributed by atoms with Crippen molar-refractivity contribution in [3.63, 3.8) is 0 Å². The van der Waals surface area contributed by atoms with Crippen LogP contribution in [-0.4, -0.2) is 16.1 Å². The number of phenolic OH excluding ortho intramolecular Hbond substituents is 1. The smallest absolute Gasteiger partial charge is 0.347 e. The van der Waals surface area contributed by atoms with Crippen LogP contribution < -0.4 is 4.74 Å². The maximum atomic E-state index is 12.7. The number of aromatic nitrogens is 1. The number of nitrogens with zero attached hydrogens (tertiary/aromatic N) is 1. The third-order valence-corrected chi connectivity index (χ3v) is 5.19. The van der Waals surface area contributed by atoms with Crippen molar-refractivity contribution in [1.82, 2.24) is 4.98 Å². The summed E-state index contributed by atoms with van der Waals surface area (Å²) in [5, 5.41) is 13.2. The van der Waals surface area contributed by atoms with Crippen LogP contribution in [0.5, 0.6) is 11.5 Å². The molecule has 0 aliphatic heterocycles. The van der Waals surface area contributed by atoms with Gasteiger partial charge in [-0.1, -0.05) is 35.9 Å². The largest absolute Gasteiger partial charge is 0.506 e. The van der Waals surface area contributed by atoms with E-state index < -0.39 is 5.97 Å². The highest BCUT2D eigenvalue weighted by molar-refractivity contribution is 9.10. The zero-order valence-electron chi connectivity index (χ0n) is 13.2. The monoisotopic (exact) mass is 427 g/mol. The van der Waals surface area contributed by atoms with Gasteiger partial charge in [0.25, 0.3) is 0 Å². The molecule has 3 aromatic carbocycles. The van der Waals surface area contributed by atoms with Gasteiger partial charge in [-0.25, -0.2) is 4.79 Å². The van der Waals surface area contributed by atoms with Crippen molar-refractivity contribution in [2.45, 2.75) is 0 Å². The van der Waals surface area contributed by atoms with E-state index in [1.54, 1.807) is 36.5 Å². The number of hydrogen-bond donors (Lipinski definition) is 1. The summed E-state index contributed by atoms with van der Waals surface area (Å²) in [6.07, 6.45) is 1.60. The molecule has 1 N–H and O–H groups in total. The molecule has 0 aliphatic rings. The molecule has 26 heavy (non-hydrogen) atoms. The summed E-state index contributed by atoms with van der Waals surface area (Å²) in [5.74, 6) is -0.568. The molecule has 1 heterocycles. The molecule has 0 spiro atoms. The Morgan fingerprint density at radius 3 is 2.69 bits per heavy atom. The fraction of sp³-hybridized carbons (Fsp3) is 0. The maximum Gasteiger partial charge on any atom is 0.347 e. The fourth-order valence-electron chi connectivity index (χ4n) is 2.80. The van der Waals surface area contributed by atoms with Crippen molar-refractivity contribution in [1.29, 1.82) is 0 Å². The van der Waals surface area contributed by atoms with E-state index in [0.29, 0.717) is 20.4 Å². The Balaban J connectivity index is 1.80. The van der Waals surface area contributed by atoms with Gasteiger partial charge in [-0.05, 0) is 57.0 Å². The zero-order valence-corrected chi connectivity index (χ0v) is 15.6. The number of carbonyl (C=O) groups excluding carboxylic acids is 1. The molecule has 0 atom stereocenters. The first-order chi connectivity index (χ1) is 12.6. The summed E-state index contributed by atoms with van der Waals surface area (Å²) in [6, 6.07) is 15.8. The van der Waals surface area contributed by atoms with Gasteiger partial charge in [-0.15, -0.1) is 0 Å². The van der Waals surface area contributed by atoms with Gasteiger partial charge >= 0.3 is 5.97 Å². The first-order valence-electron chi connectivity index (χ1n) is 7.72. The lowest BCUT2D eigenvalue weighted by Crippen LogP contribution is -2.09. The third kappa shape index (κ3) is 2.79. The summed E-state index contributed by atoms with van der Waals surface area (Å²) >= 11 is 9.51. The molecule has 0 bridgehead atoms. The molecule has 0 amide bonds. The van der Waals surface area contributed by atoms with Crippen molar-refractivity contribution in [3.05, 3.63) is 75.9 Å². The van der Waals surface area contributed by atoms with E-state index in [1.807, 2.05) is 24.3 Å². The first-order valence-corrected chi connectivity index (χ1v) is 8.89. The van der Waals surface area contributed by atoms with Crippen LogP contribution in [0, 0.1) is 0 Å². The van der Waals surface area contributed by atoms with Gasteiger partial charge < -0.3 is 9.84 Å². The lowest BCUT2D eigenvalue weighted by Gasteiger charge is -2.11. The molecule has 0 saturated heterocycles. The van der Waals surface area contributed by atoms with Crippen LogP contribution >= 0.6 is 27.5 Å². The van der Waals surface area contributed by atoms with E-state index in [1.165, 1.54) is 0 Å². The van der Waals surface area contributed by atoms with Crippen molar-refractivity contribution in [3.8, 4) is 11.5 Å². The number of rotatable bonds is 2. The number of aromatic hydroxyl groups is 1. The molecule has 0 fully saturated rings. The Morgan fingerprint density at radius 2 is 1.85 bits per heavy atom. The second-order valence-corrected chi connectivity index (χ2v) is 6.84. The summed E-state index contributed by atoms with van der Waals surface area (Å²) in [6.45, 7) is 0. The van der Waals surface area contributed by atoms with Gasteiger partial charge in [0.05, 0.1) is 9.50 Å². The third-order valence-electron chi connectivity index (χ3n) is 4.06. The van der Waals surface area contributed by atoms with Gasteiger partial charge in [0.2, 0.25) is 0 Å². The molecule has 0 radical (unpaired) electrons. The number of carbonyl (C=O) groups is 1. The second-order valence-electron chi connectivity index (χ2n) is 5.64. The van der Waals surface area contributed by atoms with E-state index >= 15 is 0 Å². The number of ether oxygens (including phenoxy) is 1. The molecule has 6 heteroatoms. The molecule has 0 unspecified atom stereocenters. The van der Waals surface area contributed by atoms with Crippen molar-refractivity contribution in [2.24, 2.45) is 0 Å². The minimum absolute atomic E-state index is 0.0645. The van der Waals surface area contributed by atoms with Crippen LogP contribution in [-0.2, 0) is 0 Å². The van der Waals surface area contributed by atoms with Gasteiger partial charge in [-0.3, -0.25) is 4.98 Å². The second kappa shape index (κ2) is 6.59. The van der Waals surface area contributed by atoms with Crippen LogP contribution in [0.3, 0.4) is 0 Å². The molecular weight excluding hydrogens is 418 g/mol. The summed E-state index contributed by atoms with van der Waals surface area (Å²) in [7, 11) is 0. The van der Waals surface area contributed by atoms with E-state index in [4.69, 9.17) is 16.3 Å². The van der Waals surface area contributed by atoms with Gasteiger partial charge in [-0.2, -0.15) is 0 Å². The number of halogens is 2. The highest BCUT2D eigenvalue weighted by atomic mass is 79.9. The Bertz CT molecular complexity index is 1180. The Morgan fingerprint density at radius 1 is 1.08 bits per heavy atom. The van der Waals surface area contributed by atoms with Crippen LogP contribution in [0.25, 0.3) is 21.7 Å². The van der Waals surface area contributed by atoms with Crippen LogP contribution in [0.15, 0.2) is 65.3 Å². The molecule has 0 saturated carbocycles. The van der Waals surface area contributed by atoms with Crippen molar-refractivity contribution in [2.75, 3.05) is 0 Å². The molecule has 0 aliphatic carbocycles. The molecular formula is C20H11BrClNO3. The van der Waals surface area contributed by atoms with Gasteiger partial charge in [0, 0.05) is 11.6 Å². The summed E-state index contributed by atoms with van der Waals surface area (Å²) < 4.78 is 5.96. The predicted molar refractivity (Wildman–Crippen MR) is 105 cm³/mol. The van der Waals surface area contributed by atoms with Crippen molar-refractivity contribution >= 4 is 55.2 Å². The first kappa shape index (κ1) is 16.8. The molecule has 4 nitrogen and oxygen atoms in total. The molecule has 1 aromatic heterocycles. The van der Waals surface area contributed by atoms with Crippen molar-refractivity contribution < 1.29 is 14.6 Å². The summed E-state index contributed by atoms with van der Waals surface area (Å²) in [5.41, 5.74) is 0.544.